The van der Waals surface area contributed by atoms with Crippen LogP contribution in [0.1, 0.15) is 15.9 Å². The van der Waals surface area contributed by atoms with Gasteiger partial charge in [-0.1, -0.05) is 0 Å². The SMILES string of the molecule is N#Cc1c(Br)cc(Br)c(C(=O)O)c1Br. The van der Waals surface area contributed by atoms with Crippen molar-refractivity contribution < 1.29 is 9.90 Å². The molecule has 1 rings (SSSR count). The van der Waals surface area contributed by atoms with Crippen LogP contribution in [0, 0.1) is 11.3 Å². The van der Waals surface area contributed by atoms with Crippen LogP contribution >= 0.6 is 47.8 Å². The standard InChI is InChI=1S/C8H2Br3NO2/c9-4-1-5(10)6(8(13)14)7(11)3(4)2-12/h1H,(H,13,14). The fraction of sp³-hybridized carbons (Fsp3) is 0. The quantitative estimate of drug-likeness (QED) is 0.806. The maximum atomic E-state index is 10.8. The van der Waals surface area contributed by atoms with Gasteiger partial charge in [-0.15, -0.1) is 0 Å². The molecule has 0 amide bonds. The zero-order valence-electron chi connectivity index (χ0n) is 6.51. The number of hydrogen-bond acceptors (Lipinski definition) is 2. The molecule has 3 nitrogen and oxygen atoms in total. The number of carboxylic acid groups (broad SMARTS) is 1. The molecule has 0 fully saturated rings. The molecule has 72 valence electrons. The molecule has 0 heterocycles. The average Bonchev–Trinajstić information content (AvgIpc) is 2.02. The number of rotatable bonds is 1. The molecule has 0 bridgehead atoms. The van der Waals surface area contributed by atoms with Crippen molar-refractivity contribution in [3.05, 3.63) is 30.6 Å². The molecule has 0 aromatic heterocycles. The zero-order valence-corrected chi connectivity index (χ0v) is 11.3. The Morgan fingerprint density at radius 1 is 1.36 bits per heavy atom. The predicted octanol–water partition coefficient (Wildman–Crippen LogP) is 3.54. The Kier molecular flexibility index (Phi) is 3.70. The van der Waals surface area contributed by atoms with Crippen molar-refractivity contribution >= 4 is 53.8 Å². The first-order valence-electron chi connectivity index (χ1n) is 3.30. The summed E-state index contributed by atoms with van der Waals surface area (Å²) in [6.45, 7) is 0. The molecule has 1 N–H and O–H groups in total. The molecule has 0 spiro atoms. The number of hydrogen-bond donors (Lipinski definition) is 1. The van der Waals surface area contributed by atoms with Crippen LogP contribution < -0.4 is 0 Å². The third kappa shape index (κ3) is 2.00. The van der Waals surface area contributed by atoms with Gasteiger partial charge in [-0.25, -0.2) is 4.79 Å². The van der Waals surface area contributed by atoms with E-state index in [-0.39, 0.29) is 15.6 Å². The summed E-state index contributed by atoms with van der Waals surface area (Å²) in [6.07, 6.45) is 0. The summed E-state index contributed by atoms with van der Waals surface area (Å²) < 4.78 is 1.24. The first-order valence-corrected chi connectivity index (χ1v) is 5.67. The van der Waals surface area contributed by atoms with Crippen LogP contribution in [0.25, 0.3) is 0 Å². The molecule has 1 aromatic carbocycles. The van der Waals surface area contributed by atoms with Gasteiger partial charge < -0.3 is 5.11 Å². The monoisotopic (exact) mass is 381 g/mol. The van der Waals surface area contributed by atoms with E-state index in [4.69, 9.17) is 10.4 Å². The molecule has 6 heteroatoms. The number of nitrogens with zero attached hydrogens (tertiary/aromatic N) is 1. The van der Waals surface area contributed by atoms with Gasteiger partial charge in [-0.3, -0.25) is 0 Å². The minimum absolute atomic E-state index is 0.0461. The minimum Gasteiger partial charge on any atom is -0.478 e. The van der Waals surface area contributed by atoms with Crippen LogP contribution in [0.15, 0.2) is 19.5 Å². The smallest absolute Gasteiger partial charge is 0.338 e. The molecule has 0 unspecified atom stereocenters. The molecule has 0 saturated carbocycles. The maximum absolute atomic E-state index is 10.8. The summed E-state index contributed by atoms with van der Waals surface area (Å²) in [5, 5.41) is 17.7. The Bertz CT molecular complexity index is 451. The second-order valence-corrected chi connectivity index (χ2v) is 4.82. The third-order valence-corrected chi connectivity index (χ3v) is 3.54. The van der Waals surface area contributed by atoms with Crippen molar-refractivity contribution in [1.82, 2.24) is 0 Å². The van der Waals surface area contributed by atoms with Gasteiger partial charge in [-0.05, 0) is 53.9 Å². The van der Waals surface area contributed by atoms with E-state index in [9.17, 15) is 4.79 Å². The third-order valence-electron chi connectivity index (χ3n) is 1.50. The molecule has 0 saturated heterocycles. The molecular formula is C8H2Br3NO2. The molecule has 0 aliphatic heterocycles. The van der Waals surface area contributed by atoms with E-state index in [1.54, 1.807) is 0 Å². The van der Waals surface area contributed by atoms with E-state index >= 15 is 0 Å². The summed E-state index contributed by atoms with van der Waals surface area (Å²) in [5.41, 5.74) is 0.315. The summed E-state index contributed by atoms with van der Waals surface area (Å²) in [6, 6.07) is 3.44. The van der Waals surface area contributed by atoms with Crippen LogP contribution in [-0.2, 0) is 0 Å². The van der Waals surface area contributed by atoms with Gasteiger partial charge in [0.25, 0.3) is 0 Å². The van der Waals surface area contributed by atoms with Gasteiger partial charge in [0.1, 0.15) is 6.07 Å². The Labute approximate surface area is 105 Å². The highest BCUT2D eigenvalue weighted by Crippen LogP contribution is 2.34. The molecule has 14 heavy (non-hydrogen) atoms. The molecule has 0 radical (unpaired) electrons. The van der Waals surface area contributed by atoms with Gasteiger partial charge in [0.2, 0.25) is 0 Å². The summed E-state index contributed by atoms with van der Waals surface area (Å²) in [7, 11) is 0. The lowest BCUT2D eigenvalue weighted by molar-refractivity contribution is 0.0695. The lowest BCUT2D eigenvalue weighted by Gasteiger charge is -2.05. The predicted molar refractivity (Wildman–Crippen MR) is 61.2 cm³/mol. The van der Waals surface area contributed by atoms with Crippen molar-refractivity contribution in [3.63, 3.8) is 0 Å². The largest absolute Gasteiger partial charge is 0.478 e. The average molecular weight is 384 g/mol. The van der Waals surface area contributed by atoms with Crippen molar-refractivity contribution in [2.45, 2.75) is 0 Å². The number of carboxylic acids is 1. The highest BCUT2D eigenvalue weighted by molar-refractivity contribution is 9.11. The number of benzene rings is 1. The van der Waals surface area contributed by atoms with Crippen LogP contribution in [0.2, 0.25) is 0 Å². The van der Waals surface area contributed by atoms with E-state index in [1.165, 1.54) is 6.07 Å². The molecule has 0 aliphatic carbocycles. The van der Waals surface area contributed by atoms with Gasteiger partial charge in [0.05, 0.1) is 15.6 Å². The normalized spacial score (nSPS) is 9.57. The molecule has 1 aromatic rings. The summed E-state index contributed by atoms with van der Waals surface area (Å²) in [5.74, 6) is -1.09. The van der Waals surface area contributed by atoms with Gasteiger partial charge in [-0.2, -0.15) is 5.26 Å². The molecule has 0 aliphatic rings. The Morgan fingerprint density at radius 2 is 1.93 bits per heavy atom. The number of halogens is 3. The van der Waals surface area contributed by atoms with E-state index in [1.807, 2.05) is 6.07 Å². The van der Waals surface area contributed by atoms with Gasteiger partial charge >= 0.3 is 5.97 Å². The van der Waals surface area contributed by atoms with Crippen molar-refractivity contribution in [2.24, 2.45) is 0 Å². The first kappa shape index (κ1) is 11.7. The fourth-order valence-corrected chi connectivity index (χ4v) is 3.53. The highest BCUT2D eigenvalue weighted by atomic mass is 79.9. The Balaban J connectivity index is 3.62. The fourth-order valence-electron chi connectivity index (χ4n) is 0.889. The van der Waals surface area contributed by atoms with E-state index in [0.717, 1.165) is 0 Å². The highest BCUT2D eigenvalue weighted by Gasteiger charge is 2.18. The minimum atomic E-state index is -1.09. The summed E-state index contributed by atoms with van der Waals surface area (Å²) >= 11 is 9.36. The van der Waals surface area contributed by atoms with Gasteiger partial charge in [0.15, 0.2) is 0 Å². The number of nitriles is 1. The van der Waals surface area contributed by atoms with Crippen molar-refractivity contribution in [2.75, 3.05) is 0 Å². The summed E-state index contributed by atoms with van der Waals surface area (Å²) in [4.78, 5) is 10.8. The van der Waals surface area contributed by atoms with E-state index in [0.29, 0.717) is 8.95 Å². The Morgan fingerprint density at radius 3 is 2.36 bits per heavy atom. The van der Waals surface area contributed by atoms with Crippen molar-refractivity contribution in [3.8, 4) is 6.07 Å². The van der Waals surface area contributed by atoms with E-state index in [2.05, 4.69) is 47.8 Å². The Hall–Kier alpha value is -0.380. The lowest BCUT2D eigenvalue weighted by atomic mass is 10.1. The van der Waals surface area contributed by atoms with Crippen molar-refractivity contribution in [1.29, 1.82) is 5.26 Å². The number of carbonyl (C=O) groups is 1. The van der Waals surface area contributed by atoms with E-state index < -0.39 is 5.97 Å². The lowest BCUT2D eigenvalue weighted by Crippen LogP contribution is -2.01. The topological polar surface area (TPSA) is 61.1 Å². The van der Waals surface area contributed by atoms with Crippen LogP contribution in [0.3, 0.4) is 0 Å². The zero-order chi connectivity index (χ0) is 10.9. The van der Waals surface area contributed by atoms with Crippen LogP contribution in [0.4, 0.5) is 0 Å². The maximum Gasteiger partial charge on any atom is 0.338 e. The second kappa shape index (κ2) is 4.43. The number of aromatic carboxylic acids is 1. The first-order chi connectivity index (χ1) is 6.49. The molecule has 0 atom stereocenters. The van der Waals surface area contributed by atoms with Gasteiger partial charge in [0, 0.05) is 8.95 Å². The molecular weight excluding hydrogens is 382 g/mol. The second-order valence-electron chi connectivity index (χ2n) is 2.32. The van der Waals surface area contributed by atoms with Crippen LogP contribution in [0.5, 0.6) is 0 Å². The van der Waals surface area contributed by atoms with Crippen LogP contribution in [-0.4, -0.2) is 11.1 Å².